The number of hydrogen-bond donors (Lipinski definition) is 1. The zero-order valence-corrected chi connectivity index (χ0v) is 8.88. The van der Waals surface area contributed by atoms with E-state index in [4.69, 9.17) is 0 Å². The summed E-state index contributed by atoms with van der Waals surface area (Å²) in [5.41, 5.74) is 0. The maximum atomic E-state index is 4.19. The highest BCUT2D eigenvalue weighted by molar-refractivity contribution is 7.15. The van der Waals surface area contributed by atoms with Gasteiger partial charge in [-0.2, -0.15) is 0 Å². The molecule has 5 nitrogen and oxygen atoms in total. The van der Waals surface area contributed by atoms with E-state index in [2.05, 4.69) is 20.5 Å². The van der Waals surface area contributed by atoms with Gasteiger partial charge in [0.1, 0.15) is 10.8 Å². The van der Waals surface area contributed by atoms with Gasteiger partial charge in [-0.1, -0.05) is 11.3 Å². The molecule has 0 amide bonds. The first-order chi connectivity index (χ1) is 6.75. The summed E-state index contributed by atoms with van der Waals surface area (Å²) in [5, 5.41) is 12.9. The highest BCUT2D eigenvalue weighted by Gasteiger charge is 2.01. The molecule has 0 saturated carbocycles. The predicted molar refractivity (Wildman–Crippen MR) is 55.2 cm³/mol. The van der Waals surface area contributed by atoms with E-state index in [1.807, 2.05) is 24.7 Å². The van der Waals surface area contributed by atoms with E-state index in [1.165, 1.54) is 0 Å². The van der Waals surface area contributed by atoms with Gasteiger partial charge in [0, 0.05) is 19.4 Å². The molecule has 0 saturated heterocycles. The second-order valence-electron chi connectivity index (χ2n) is 2.93. The summed E-state index contributed by atoms with van der Waals surface area (Å²) in [4.78, 5) is 4.19. The van der Waals surface area contributed by atoms with Crippen LogP contribution in [0.4, 0.5) is 5.13 Å². The number of aryl methyl sites for hydroxylation is 2. The van der Waals surface area contributed by atoms with Crippen LogP contribution in [0.25, 0.3) is 0 Å². The third-order valence-electron chi connectivity index (χ3n) is 1.84. The lowest BCUT2D eigenvalue weighted by atomic mass is 10.6. The molecule has 0 spiro atoms. The Morgan fingerprint density at radius 3 is 2.93 bits per heavy atom. The lowest BCUT2D eigenvalue weighted by Gasteiger charge is -2.01. The molecule has 0 aliphatic rings. The maximum absolute atomic E-state index is 4.19. The van der Waals surface area contributed by atoms with E-state index in [9.17, 15) is 0 Å². The fourth-order valence-electron chi connectivity index (χ4n) is 1.09. The van der Waals surface area contributed by atoms with Gasteiger partial charge >= 0.3 is 0 Å². The highest BCUT2D eigenvalue weighted by Crippen LogP contribution is 2.14. The predicted octanol–water partition coefficient (Wildman–Crippen LogP) is 1.19. The molecule has 74 valence electrons. The number of nitrogens with zero attached hydrogens (tertiary/aromatic N) is 4. The minimum absolute atomic E-state index is 0.679. The Morgan fingerprint density at radius 2 is 2.36 bits per heavy atom. The summed E-state index contributed by atoms with van der Waals surface area (Å²) in [6.07, 6.45) is 3.70. The Bertz CT molecular complexity index is 419. The average Bonchev–Trinajstić information content (AvgIpc) is 2.72. The van der Waals surface area contributed by atoms with Crippen molar-refractivity contribution in [1.82, 2.24) is 19.7 Å². The van der Waals surface area contributed by atoms with Crippen LogP contribution in [0.3, 0.4) is 0 Å². The lowest BCUT2D eigenvalue weighted by molar-refractivity contribution is 0.811. The molecule has 1 N–H and O–H groups in total. The second-order valence-corrected chi connectivity index (χ2v) is 4.12. The summed E-state index contributed by atoms with van der Waals surface area (Å²) in [6.45, 7) is 2.61. The number of imidazole rings is 1. The Balaban J connectivity index is 1.98. The van der Waals surface area contributed by atoms with Gasteiger partial charge in [-0.05, 0) is 6.92 Å². The van der Waals surface area contributed by atoms with Gasteiger partial charge < -0.3 is 9.88 Å². The molecule has 0 radical (unpaired) electrons. The fourth-order valence-corrected chi connectivity index (χ4v) is 1.68. The molecule has 2 rings (SSSR count). The maximum Gasteiger partial charge on any atom is 0.206 e. The van der Waals surface area contributed by atoms with Crippen molar-refractivity contribution < 1.29 is 0 Å². The third-order valence-corrected chi connectivity index (χ3v) is 2.64. The van der Waals surface area contributed by atoms with Gasteiger partial charge in [0.05, 0.1) is 6.54 Å². The Kier molecular flexibility index (Phi) is 2.45. The van der Waals surface area contributed by atoms with Crippen LogP contribution < -0.4 is 5.32 Å². The van der Waals surface area contributed by atoms with Crippen LogP contribution in [0.5, 0.6) is 0 Å². The molecule has 14 heavy (non-hydrogen) atoms. The van der Waals surface area contributed by atoms with Crippen LogP contribution in [0, 0.1) is 6.92 Å². The van der Waals surface area contributed by atoms with Crippen LogP contribution in [0.2, 0.25) is 0 Å². The fraction of sp³-hybridized carbons (Fsp3) is 0.375. The Hall–Kier alpha value is -1.43. The van der Waals surface area contributed by atoms with Crippen molar-refractivity contribution in [1.29, 1.82) is 0 Å². The summed E-state index contributed by atoms with van der Waals surface area (Å²) in [5.74, 6) is 0.984. The molecular weight excluding hydrogens is 198 g/mol. The summed E-state index contributed by atoms with van der Waals surface area (Å²) in [7, 11) is 1.97. The SMILES string of the molecule is Cc1nnc(NCc2nccn2C)s1. The van der Waals surface area contributed by atoms with Crippen LogP contribution >= 0.6 is 11.3 Å². The molecule has 0 fully saturated rings. The molecular formula is C8H11N5S. The van der Waals surface area contributed by atoms with E-state index >= 15 is 0 Å². The summed E-state index contributed by atoms with van der Waals surface area (Å²) < 4.78 is 1.97. The average molecular weight is 209 g/mol. The van der Waals surface area contributed by atoms with Crippen LogP contribution in [-0.4, -0.2) is 19.7 Å². The molecule has 0 aliphatic heterocycles. The second kappa shape index (κ2) is 3.75. The van der Waals surface area contributed by atoms with Crippen molar-refractivity contribution >= 4 is 16.5 Å². The number of anilines is 1. The Morgan fingerprint density at radius 1 is 1.50 bits per heavy atom. The van der Waals surface area contributed by atoms with Crippen LogP contribution in [-0.2, 0) is 13.6 Å². The van der Waals surface area contributed by atoms with Gasteiger partial charge in [-0.25, -0.2) is 4.98 Å². The number of aromatic nitrogens is 4. The van der Waals surface area contributed by atoms with Crippen molar-refractivity contribution in [2.45, 2.75) is 13.5 Å². The zero-order valence-electron chi connectivity index (χ0n) is 8.06. The van der Waals surface area contributed by atoms with Crippen molar-refractivity contribution in [2.75, 3.05) is 5.32 Å². The molecule has 0 unspecified atom stereocenters. The first-order valence-corrected chi connectivity index (χ1v) is 5.07. The molecule has 2 heterocycles. The van der Waals surface area contributed by atoms with E-state index in [-0.39, 0.29) is 0 Å². The van der Waals surface area contributed by atoms with Crippen molar-refractivity contribution in [3.8, 4) is 0 Å². The zero-order chi connectivity index (χ0) is 9.97. The minimum atomic E-state index is 0.679. The third kappa shape index (κ3) is 1.90. The standard InChI is InChI=1S/C8H11N5S/c1-6-11-12-8(14-6)10-5-7-9-3-4-13(7)2/h3-4H,5H2,1-2H3,(H,10,12). The topological polar surface area (TPSA) is 55.6 Å². The first-order valence-electron chi connectivity index (χ1n) is 4.26. The van der Waals surface area contributed by atoms with Crippen LogP contribution in [0.1, 0.15) is 10.8 Å². The van der Waals surface area contributed by atoms with Crippen LogP contribution in [0.15, 0.2) is 12.4 Å². The van der Waals surface area contributed by atoms with Gasteiger partial charge in [-0.15, -0.1) is 10.2 Å². The molecule has 0 aromatic carbocycles. The molecule has 0 bridgehead atoms. The minimum Gasteiger partial charge on any atom is -0.353 e. The quantitative estimate of drug-likeness (QED) is 0.825. The van der Waals surface area contributed by atoms with Crippen molar-refractivity contribution in [3.05, 3.63) is 23.2 Å². The summed E-state index contributed by atoms with van der Waals surface area (Å²) in [6, 6.07) is 0. The largest absolute Gasteiger partial charge is 0.353 e. The number of rotatable bonds is 3. The van der Waals surface area contributed by atoms with E-state index < -0.39 is 0 Å². The summed E-state index contributed by atoms with van der Waals surface area (Å²) >= 11 is 1.55. The number of hydrogen-bond acceptors (Lipinski definition) is 5. The van der Waals surface area contributed by atoms with Gasteiger partial charge in [0.15, 0.2) is 0 Å². The molecule has 2 aromatic rings. The highest BCUT2D eigenvalue weighted by atomic mass is 32.1. The Labute approximate surface area is 85.8 Å². The van der Waals surface area contributed by atoms with Gasteiger partial charge in [0.2, 0.25) is 5.13 Å². The molecule has 6 heteroatoms. The van der Waals surface area contributed by atoms with E-state index in [0.29, 0.717) is 6.54 Å². The van der Waals surface area contributed by atoms with Gasteiger partial charge in [-0.3, -0.25) is 0 Å². The normalized spacial score (nSPS) is 10.4. The first kappa shape index (κ1) is 9.14. The van der Waals surface area contributed by atoms with Crippen molar-refractivity contribution in [2.24, 2.45) is 7.05 Å². The number of nitrogens with one attached hydrogen (secondary N) is 1. The monoisotopic (exact) mass is 209 g/mol. The van der Waals surface area contributed by atoms with E-state index in [0.717, 1.165) is 16.0 Å². The van der Waals surface area contributed by atoms with E-state index in [1.54, 1.807) is 17.5 Å². The van der Waals surface area contributed by atoms with Gasteiger partial charge in [0.25, 0.3) is 0 Å². The molecule has 0 atom stereocenters. The molecule has 2 aromatic heterocycles. The van der Waals surface area contributed by atoms with Crippen molar-refractivity contribution in [3.63, 3.8) is 0 Å². The lowest BCUT2D eigenvalue weighted by Crippen LogP contribution is -2.05. The molecule has 0 aliphatic carbocycles. The smallest absolute Gasteiger partial charge is 0.206 e.